The van der Waals surface area contributed by atoms with Gasteiger partial charge in [-0.25, -0.2) is 4.98 Å². The van der Waals surface area contributed by atoms with Crippen LogP contribution in [0.25, 0.3) is 0 Å². The average molecular weight is 245 g/mol. The largest absolute Gasteiger partial charge is 0.353 e. The number of aromatic nitrogens is 1. The van der Waals surface area contributed by atoms with E-state index in [2.05, 4.69) is 40.8 Å². The Kier molecular flexibility index (Phi) is 4.76. The smallest absolute Gasteiger partial charge is 0.129 e. The fourth-order valence-electron chi connectivity index (χ4n) is 2.02. The molecule has 0 saturated heterocycles. The molecule has 0 bridgehead atoms. The molecule has 1 N–H and O–H groups in total. The molecule has 2 rings (SSSR count). The van der Waals surface area contributed by atoms with Crippen LogP contribution in [0.5, 0.6) is 0 Å². The lowest BCUT2D eigenvalue weighted by Crippen LogP contribution is -2.25. The van der Waals surface area contributed by atoms with Crippen molar-refractivity contribution in [1.82, 2.24) is 10.3 Å². The zero-order valence-corrected chi connectivity index (χ0v) is 11.2. The lowest BCUT2D eigenvalue weighted by Gasteiger charge is -2.21. The molecule has 1 aliphatic carbocycles. The number of hydrogen-bond donors (Lipinski definition) is 1. The van der Waals surface area contributed by atoms with Crippen molar-refractivity contribution in [1.29, 1.82) is 0 Å². The van der Waals surface area contributed by atoms with Gasteiger partial charge >= 0.3 is 0 Å². The van der Waals surface area contributed by atoms with Gasteiger partial charge in [0.25, 0.3) is 0 Å². The fraction of sp³-hybridized carbons (Fsp3) is 0.533. The molecule has 0 radical (unpaired) electrons. The van der Waals surface area contributed by atoms with E-state index in [1.165, 1.54) is 18.4 Å². The van der Waals surface area contributed by atoms with Gasteiger partial charge in [0.2, 0.25) is 0 Å². The van der Waals surface area contributed by atoms with E-state index in [4.69, 9.17) is 0 Å². The maximum atomic E-state index is 4.47. The Balaban J connectivity index is 2.00. The first kappa shape index (κ1) is 13.1. The lowest BCUT2D eigenvalue weighted by molar-refractivity contribution is 0.686. The first-order valence-corrected chi connectivity index (χ1v) is 6.87. The first-order chi connectivity index (χ1) is 8.83. The van der Waals surface area contributed by atoms with Crippen LogP contribution >= 0.6 is 0 Å². The monoisotopic (exact) mass is 245 g/mol. The van der Waals surface area contributed by atoms with Crippen LogP contribution in [0.15, 0.2) is 31.0 Å². The topological polar surface area (TPSA) is 28.2 Å². The van der Waals surface area contributed by atoms with E-state index < -0.39 is 0 Å². The lowest BCUT2D eigenvalue weighted by atomic mass is 10.2. The minimum Gasteiger partial charge on any atom is -0.353 e. The Morgan fingerprint density at radius 3 is 3.06 bits per heavy atom. The van der Waals surface area contributed by atoms with E-state index in [-0.39, 0.29) is 0 Å². The van der Waals surface area contributed by atoms with Gasteiger partial charge in [-0.15, -0.1) is 6.58 Å². The van der Waals surface area contributed by atoms with Crippen molar-refractivity contribution < 1.29 is 0 Å². The Labute approximate surface area is 110 Å². The van der Waals surface area contributed by atoms with E-state index in [1.54, 1.807) is 0 Å². The van der Waals surface area contributed by atoms with Gasteiger partial charge in [-0.1, -0.05) is 13.0 Å². The van der Waals surface area contributed by atoms with E-state index in [1.807, 2.05) is 12.3 Å². The number of nitrogens with zero attached hydrogens (tertiary/aromatic N) is 2. The predicted octanol–water partition coefficient (Wildman–Crippen LogP) is 2.74. The maximum absolute atomic E-state index is 4.47. The van der Waals surface area contributed by atoms with E-state index in [0.717, 1.165) is 37.9 Å². The summed E-state index contributed by atoms with van der Waals surface area (Å²) >= 11 is 0. The van der Waals surface area contributed by atoms with Crippen molar-refractivity contribution in [2.45, 2.75) is 38.8 Å². The van der Waals surface area contributed by atoms with Crippen LogP contribution in [-0.4, -0.2) is 24.1 Å². The Morgan fingerprint density at radius 2 is 2.39 bits per heavy atom. The van der Waals surface area contributed by atoms with Gasteiger partial charge in [-0.2, -0.15) is 0 Å². The van der Waals surface area contributed by atoms with Gasteiger partial charge < -0.3 is 10.2 Å². The van der Waals surface area contributed by atoms with Crippen molar-refractivity contribution in [3.63, 3.8) is 0 Å². The third-order valence-electron chi connectivity index (χ3n) is 3.15. The molecule has 0 aliphatic heterocycles. The van der Waals surface area contributed by atoms with Gasteiger partial charge in [0, 0.05) is 31.9 Å². The van der Waals surface area contributed by atoms with Crippen LogP contribution < -0.4 is 10.2 Å². The van der Waals surface area contributed by atoms with Gasteiger partial charge in [-0.3, -0.25) is 0 Å². The third-order valence-corrected chi connectivity index (χ3v) is 3.15. The van der Waals surface area contributed by atoms with Gasteiger partial charge in [0.05, 0.1) is 0 Å². The predicted molar refractivity (Wildman–Crippen MR) is 76.8 cm³/mol. The second kappa shape index (κ2) is 6.55. The molecule has 3 nitrogen and oxygen atoms in total. The van der Waals surface area contributed by atoms with Crippen molar-refractivity contribution >= 4 is 5.82 Å². The molecule has 98 valence electrons. The van der Waals surface area contributed by atoms with Crippen molar-refractivity contribution in [2.24, 2.45) is 0 Å². The molecule has 1 aliphatic rings. The van der Waals surface area contributed by atoms with Crippen molar-refractivity contribution in [2.75, 3.05) is 18.0 Å². The normalized spacial score (nSPS) is 14.5. The Bertz CT molecular complexity index is 385. The minimum atomic E-state index is 0.751. The van der Waals surface area contributed by atoms with E-state index in [0.29, 0.717) is 0 Å². The van der Waals surface area contributed by atoms with Crippen LogP contribution in [0.4, 0.5) is 5.82 Å². The minimum absolute atomic E-state index is 0.751. The SMILES string of the molecule is C=CCN(CCC)c1cc(CNC2CC2)ccn1. The summed E-state index contributed by atoms with van der Waals surface area (Å²) in [5, 5.41) is 3.54. The molecule has 0 atom stereocenters. The highest BCUT2D eigenvalue weighted by Crippen LogP contribution is 2.20. The molecular weight excluding hydrogens is 222 g/mol. The average Bonchev–Trinajstić information content (AvgIpc) is 3.21. The number of pyridine rings is 1. The number of rotatable bonds is 8. The fourth-order valence-corrected chi connectivity index (χ4v) is 2.02. The molecule has 0 unspecified atom stereocenters. The summed E-state index contributed by atoms with van der Waals surface area (Å²) in [6, 6.07) is 5.03. The van der Waals surface area contributed by atoms with E-state index >= 15 is 0 Å². The standard InChI is InChI=1S/C15H23N3/c1-3-9-18(10-4-2)15-11-13(7-8-16-15)12-17-14-5-6-14/h3,7-8,11,14,17H,1,4-6,9-10,12H2,2H3. The molecular formula is C15H23N3. The van der Waals surface area contributed by atoms with Crippen LogP contribution in [0.1, 0.15) is 31.7 Å². The van der Waals surface area contributed by atoms with Crippen molar-refractivity contribution in [3.8, 4) is 0 Å². The van der Waals surface area contributed by atoms with Gasteiger partial charge in [-0.05, 0) is 37.0 Å². The molecule has 0 aromatic carbocycles. The van der Waals surface area contributed by atoms with Gasteiger partial charge in [0.1, 0.15) is 5.82 Å². The van der Waals surface area contributed by atoms with Crippen LogP contribution in [0.3, 0.4) is 0 Å². The molecule has 1 fully saturated rings. The molecule has 0 amide bonds. The summed E-state index contributed by atoms with van der Waals surface area (Å²) in [4.78, 5) is 6.74. The molecule has 3 heteroatoms. The van der Waals surface area contributed by atoms with Crippen molar-refractivity contribution in [3.05, 3.63) is 36.5 Å². The first-order valence-electron chi connectivity index (χ1n) is 6.87. The maximum Gasteiger partial charge on any atom is 0.129 e. The summed E-state index contributed by atoms with van der Waals surface area (Å²) in [5.74, 6) is 1.06. The second-order valence-electron chi connectivity index (χ2n) is 4.91. The summed E-state index contributed by atoms with van der Waals surface area (Å²) < 4.78 is 0. The highest BCUT2D eigenvalue weighted by atomic mass is 15.2. The van der Waals surface area contributed by atoms with Crippen LogP contribution in [0.2, 0.25) is 0 Å². The summed E-state index contributed by atoms with van der Waals surface area (Å²) in [7, 11) is 0. The Hall–Kier alpha value is -1.35. The number of anilines is 1. The summed E-state index contributed by atoms with van der Waals surface area (Å²) in [6.45, 7) is 8.85. The highest BCUT2D eigenvalue weighted by molar-refractivity contribution is 5.41. The molecule has 18 heavy (non-hydrogen) atoms. The third kappa shape index (κ3) is 3.84. The zero-order chi connectivity index (χ0) is 12.8. The Morgan fingerprint density at radius 1 is 1.56 bits per heavy atom. The quantitative estimate of drug-likeness (QED) is 0.714. The summed E-state index contributed by atoms with van der Waals surface area (Å²) in [5.41, 5.74) is 1.32. The number of nitrogens with one attached hydrogen (secondary N) is 1. The highest BCUT2D eigenvalue weighted by Gasteiger charge is 2.20. The second-order valence-corrected chi connectivity index (χ2v) is 4.91. The molecule has 1 aromatic heterocycles. The van der Waals surface area contributed by atoms with Gasteiger partial charge in [0.15, 0.2) is 0 Å². The molecule has 1 saturated carbocycles. The summed E-state index contributed by atoms with van der Waals surface area (Å²) in [6.07, 6.45) is 7.63. The van der Waals surface area contributed by atoms with E-state index in [9.17, 15) is 0 Å². The zero-order valence-electron chi connectivity index (χ0n) is 11.2. The van der Waals surface area contributed by atoms with Crippen LogP contribution in [-0.2, 0) is 6.54 Å². The number of hydrogen-bond acceptors (Lipinski definition) is 3. The van der Waals surface area contributed by atoms with Crippen LogP contribution in [0, 0.1) is 0 Å². The molecule has 0 spiro atoms. The molecule has 1 heterocycles. The molecule has 1 aromatic rings.